The molecular weight excluding hydrogens is 236 g/mol. The van der Waals surface area contributed by atoms with Crippen molar-refractivity contribution in [3.63, 3.8) is 0 Å². The van der Waals surface area contributed by atoms with E-state index in [-0.39, 0.29) is 5.75 Å². The number of imidazole rings is 1. The van der Waals surface area contributed by atoms with Gasteiger partial charge in [-0.3, -0.25) is 0 Å². The summed E-state index contributed by atoms with van der Waals surface area (Å²) in [6.45, 7) is 0. The predicted octanol–water partition coefficient (Wildman–Crippen LogP) is 3.36. The normalized spacial score (nSPS) is 10.9. The average Bonchev–Trinajstić information content (AvgIpc) is 2.75. The van der Waals surface area contributed by atoms with Gasteiger partial charge >= 0.3 is 0 Å². The second kappa shape index (κ2) is 3.79. The van der Waals surface area contributed by atoms with E-state index in [2.05, 4.69) is 4.98 Å². The van der Waals surface area contributed by atoms with Gasteiger partial charge in [0.25, 0.3) is 0 Å². The van der Waals surface area contributed by atoms with Crippen LogP contribution in [0.4, 0.5) is 0 Å². The zero-order valence-electron chi connectivity index (χ0n) is 8.84. The van der Waals surface area contributed by atoms with Crippen molar-refractivity contribution in [2.45, 2.75) is 0 Å². The van der Waals surface area contributed by atoms with E-state index in [1.54, 1.807) is 18.2 Å². The van der Waals surface area contributed by atoms with Gasteiger partial charge in [-0.25, -0.2) is 4.98 Å². The Morgan fingerprint density at radius 1 is 1.12 bits per heavy atom. The maximum absolute atomic E-state index is 9.78. The van der Waals surface area contributed by atoms with Crippen molar-refractivity contribution >= 4 is 17.2 Å². The summed E-state index contributed by atoms with van der Waals surface area (Å²) in [6, 6.07) is 10.7. The second-order valence-corrected chi connectivity index (χ2v) is 4.14. The fraction of sp³-hybridized carbons (Fsp3) is 0. The van der Waals surface area contributed by atoms with Gasteiger partial charge in [0.05, 0.1) is 10.7 Å². The highest BCUT2D eigenvalue weighted by molar-refractivity contribution is 6.33. The molecule has 0 aliphatic carbocycles. The molecular formula is C13H9ClN2O. The minimum atomic E-state index is 0.215. The first kappa shape index (κ1) is 10.2. The van der Waals surface area contributed by atoms with Crippen molar-refractivity contribution in [3.8, 4) is 17.0 Å². The lowest BCUT2D eigenvalue weighted by Gasteiger charge is -1.98. The van der Waals surface area contributed by atoms with Crippen LogP contribution in [0.3, 0.4) is 0 Å². The SMILES string of the molecule is Oc1ccccc1-c1cn2cccc(Cl)c2n1. The zero-order valence-corrected chi connectivity index (χ0v) is 9.59. The van der Waals surface area contributed by atoms with Gasteiger partial charge in [0, 0.05) is 18.0 Å². The summed E-state index contributed by atoms with van der Waals surface area (Å²) < 4.78 is 1.84. The molecule has 0 saturated heterocycles. The van der Waals surface area contributed by atoms with Gasteiger partial charge in [0.2, 0.25) is 0 Å². The number of fused-ring (bicyclic) bond motifs is 1. The first-order valence-electron chi connectivity index (χ1n) is 5.17. The fourth-order valence-corrected chi connectivity index (χ4v) is 2.01. The van der Waals surface area contributed by atoms with Crippen molar-refractivity contribution in [1.29, 1.82) is 0 Å². The highest BCUT2D eigenvalue weighted by Gasteiger charge is 2.09. The van der Waals surface area contributed by atoms with E-state index in [0.717, 1.165) is 0 Å². The molecule has 1 N–H and O–H groups in total. The Morgan fingerprint density at radius 3 is 2.71 bits per heavy atom. The third-order valence-electron chi connectivity index (χ3n) is 2.62. The molecule has 0 aliphatic heterocycles. The molecule has 0 saturated carbocycles. The molecule has 0 radical (unpaired) electrons. The van der Waals surface area contributed by atoms with Crippen LogP contribution in [0, 0.1) is 0 Å². The Balaban J connectivity index is 2.26. The Bertz CT molecular complexity index is 691. The number of phenolic OH excluding ortho intramolecular Hbond substituents is 1. The maximum atomic E-state index is 9.78. The van der Waals surface area contributed by atoms with E-state index in [4.69, 9.17) is 11.6 Å². The number of phenols is 1. The Kier molecular flexibility index (Phi) is 2.27. The lowest BCUT2D eigenvalue weighted by molar-refractivity contribution is 0.477. The molecule has 0 fully saturated rings. The number of hydrogen-bond acceptors (Lipinski definition) is 2. The number of aromatic nitrogens is 2. The molecule has 0 aliphatic rings. The van der Waals surface area contributed by atoms with Crippen LogP contribution in [-0.4, -0.2) is 14.5 Å². The van der Waals surface area contributed by atoms with Crippen LogP contribution in [0.2, 0.25) is 5.02 Å². The Labute approximate surface area is 103 Å². The van der Waals surface area contributed by atoms with Gasteiger partial charge in [0.1, 0.15) is 5.75 Å². The largest absolute Gasteiger partial charge is 0.507 e. The highest BCUT2D eigenvalue weighted by Crippen LogP contribution is 2.29. The van der Waals surface area contributed by atoms with E-state index in [9.17, 15) is 5.11 Å². The van der Waals surface area contributed by atoms with Crippen molar-refractivity contribution in [3.05, 3.63) is 53.8 Å². The van der Waals surface area contributed by atoms with E-state index in [0.29, 0.717) is 21.9 Å². The Hall–Kier alpha value is -2.00. The van der Waals surface area contributed by atoms with E-state index < -0.39 is 0 Å². The first-order valence-corrected chi connectivity index (χ1v) is 5.55. The number of aromatic hydroxyl groups is 1. The van der Waals surface area contributed by atoms with Crippen LogP contribution >= 0.6 is 11.6 Å². The Morgan fingerprint density at radius 2 is 1.94 bits per heavy atom. The minimum absolute atomic E-state index is 0.215. The zero-order chi connectivity index (χ0) is 11.8. The van der Waals surface area contributed by atoms with Gasteiger partial charge in [-0.15, -0.1) is 0 Å². The monoisotopic (exact) mass is 244 g/mol. The standard InChI is InChI=1S/C13H9ClN2O/c14-10-5-3-7-16-8-11(15-13(10)16)9-4-1-2-6-12(9)17/h1-8,17H. The molecule has 84 valence electrons. The summed E-state index contributed by atoms with van der Waals surface area (Å²) in [4.78, 5) is 4.41. The number of rotatable bonds is 1. The molecule has 0 atom stereocenters. The van der Waals surface area contributed by atoms with E-state index in [1.165, 1.54) is 0 Å². The van der Waals surface area contributed by atoms with Crippen LogP contribution in [0.25, 0.3) is 16.9 Å². The molecule has 3 nitrogen and oxygen atoms in total. The number of benzene rings is 1. The van der Waals surface area contributed by atoms with Crippen LogP contribution < -0.4 is 0 Å². The van der Waals surface area contributed by atoms with Gasteiger partial charge in [-0.05, 0) is 24.3 Å². The molecule has 0 bridgehead atoms. The minimum Gasteiger partial charge on any atom is -0.507 e. The number of nitrogens with zero attached hydrogens (tertiary/aromatic N) is 2. The number of pyridine rings is 1. The van der Waals surface area contributed by atoms with E-state index in [1.807, 2.05) is 35.0 Å². The van der Waals surface area contributed by atoms with Gasteiger partial charge in [0.15, 0.2) is 5.65 Å². The third-order valence-corrected chi connectivity index (χ3v) is 2.91. The van der Waals surface area contributed by atoms with Crippen LogP contribution in [0.5, 0.6) is 5.75 Å². The van der Waals surface area contributed by atoms with Crippen LogP contribution in [0.1, 0.15) is 0 Å². The van der Waals surface area contributed by atoms with E-state index >= 15 is 0 Å². The highest BCUT2D eigenvalue weighted by atomic mass is 35.5. The predicted molar refractivity (Wildman–Crippen MR) is 67.3 cm³/mol. The average molecular weight is 245 g/mol. The molecule has 0 amide bonds. The molecule has 3 rings (SSSR count). The summed E-state index contributed by atoms with van der Waals surface area (Å²) in [5, 5.41) is 10.4. The number of hydrogen-bond donors (Lipinski definition) is 1. The fourth-order valence-electron chi connectivity index (χ4n) is 1.80. The maximum Gasteiger partial charge on any atom is 0.156 e. The molecule has 2 heterocycles. The van der Waals surface area contributed by atoms with Crippen LogP contribution in [-0.2, 0) is 0 Å². The smallest absolute Gasteiger partial charge is 0.156 e. The molecule has 0 spiro atoms. The summed E-state index contributed by atoms with van der Waals surface area (Å²) in [5.41, 5.74) is 2.09. The van der Waals surface area contributed by atoms with Crippen LogP contribution in [0.15, 0.2) is 48.8 Å². The topological polar surface area (TPSA) is 37.5 Å². The lowest BCUT2D eigenvalue weighted by atomic mass is 10.1. The third kappa shape index (κ3) is 1.65. The van der Waals surface area contributed by atoms with Crippen molar-refractivity contribution in [2.75, 3.05) is 0 Å². The lowest BCUT2D eigenvalue weighted by Crippen LogP contribution is -1.80. The molecule has 1 aromatic carbocycles. The van der Waals surface area contributed by atoms with Gasteiger partial charge < -0.3 is 9.51 Å². The molecule has 3 aromatic rings. The molecule has 4 heteroatoms. The van der Waals surface area contributed by atoms with Gasteiger partial charge in [-0.2, -0.15) is 0 Å². The summed E-state index contributed by atoms with van der Waals surface area (Å²) >= 11 is 6.05. The molecule has 0 unspecified atom stereocenters. The molecule has 17 heavy (non-hydrogen) atoms. The quantitative estimate of drug-likeness (QED) is 0.713. The summed E-state index contributed by atoms with van der Waals surface area (Å²) in [6.07, 6.45) is 3.72. The van der Waals surface area contributed by atoms with Crippen molar-refractivity contribution in [1.82, 2.24) is 9.38 Å². The number of para-hydroxylation sites is 1. The molecule has 2 aromatic heterocycles. The van der Waals surface area contributed by atoms with Gasteiger partial charge in [-0.1, -0.05) is 23.7 Å². The summed E-state index contributed by atoms with van der Waals surface area (Å²) in [7, 11) is 0. The van der Waals surface area contributed by atoms with Crippen molar-refractivity contribution < 1.29 is 5.11 Å². The number of halogens is 1. The second-order valence-electron chi connectivity index (χ2n) is 3.73. The first-order chi connectivity index (χ1) is 8.25. The van der Waals surface area contributed by atoms with Crippen molar-refractivity contribution in [2.24, 2.45) is 0 Å². The summed E-state index contributed by atoms with van der Waals surface area (Å²) in [5.74, 6) is 0.215.